The highest BCUT2D eigenvalue weighted by atomic mass is 19.1. The molecule has 13 heavy (non-hydrogen) atoms. The zero-order valence-corrected chi connectivity index (χ0v) is 7.94. The molecule has 0 aliphatic carbocycles. The number of alkyl halides is 1. The third-order valence-corrected chi connectivity index (χ3v) is 2.51. The van der Waals surface area contributed by atoms with E-state index in [2.05, 4.69) is 0 Å². The molecule has 0 radical (unpaired) electrons. The van der Waals surface area contributed by atoms with Gasteiger partial charge in [0, 0.05) is 6.04 Å². The fourth-order valence-corrected chi connectivity index (χ4v) is 1.80. The van der Waals surface area contributed by atoms with Crippen molar-refractivity contribution in [2.45, 2.75) is 32.2 Å². The summed E-state index contributed by atoms with van der Waals surface area (Å²) < 4.78 is 13.3. The Bertz CT molecular complexity index is 283. The summed E-state index contributed by atoms with van der Waals surface area (Å²) in [5.74, 6) is 0. The average Bonchev–Trinajstić information content (AvgIpc) is 2.79. The molecule has 0 saturated carbocycles. The Morgan fingerprint density at radius 2 is 1.85 bits per heavy atom. The van der Waals surface area contributed by atoms with E-state index in [4.69, 9.17) is 0 Å². The lowest BCUT2D eigenvalue weighted by Gasteiger charge is -2.05. The van der Waals surface area contributed by atoms with Gasteiger partial charge < -0.3 is 0 Å². The Balaban J connectivity index is 2.14. The minimum absolute atomic E-state index is 0.00111. The van der Waals surface area contributed by atoms with Crippen molar-refractivity contribution < 1.29 is 4.39 Å². The van der Waals surface area contributed by atoms with Crippen molar-refractivity contribution in [1.82, 2.24) is 4.90 Å². The summed E-state index contributed by atoms with van der Waals surface area (Å²) in [7, 11) is 0. The summed E-state index contributed by atoms with van der Waals surface area (Å²) in [4.78, 5) is 1.87. The number of rotatable bonds is 2. The van der Waals surface area contributed by atoms with Crippen LogP contribution in [0, 0.1) is 0 Å². The van der Waals surface area contributed by atoms with E-state index in [9.17, 15) is 4.39 Å². The molecule has 2 heteroatoms. The zero-order valence-electron chi connectivity index (χ0n) is 7.94. The molecule has 1 unspecified atom stereocenters. The van der Waals surface area contributed by atoms with Gasteiger partial charge in [-0.2, -0.15) is 0 Å². The SMILES string of the molecule is CC(C)N1[C@H](c2ccccc2)[C@@H]1F. The Morgan fingerprint density at radius 3 is 2.31 bits per heavy atom. The number of hydrogen-bond acceptors (Lipinski definition) is 1. The quantitative estimate of drug-likeness (QED) is 0.498. The standard InChI is InChI=1S/C11H14FN/c1-8(2)13-10(11(13)12)9-6-4-3-5-7-9/h3-8,10-11H,1-2H3/t10-,11-,13?/m1/s1. The van der Waals surface area contributed by atoms with E-state index >= 15 is 0 Å². The average molecular weight is 179 g/mol. The van der Waals surface area contributed by atoms with Crippen LogP contribution in [0.4, 0.5) is 4.39 Å². The van der Waals surface area contributed by atoms with Crippen LogP contribution in [0.25, 0.3) is 0 Å². The van der Waals surface area contributed by atoms with Gasteiger partial charge in [0.2, 0.25) is 0 Å². The molecule has 0 bridgehead atoms. The van der Waals surface area contributed by atoms with Crippen LogP contribution in [0.3, 0.4) is 0 Å². The predicted molar refractivity (Wildman–Crippen MR) is 51.1 cm³/mol. The first-order chi connectivity index (χ1) is 6.22. The monoisotopic (exact) mass is 179 g/mol. The lowest BCUT2D eigenvalue weighted by atomic mass is 10.1. The molecule has 1 aliphatic rings. The highest BCUT2D eigenvalue weighted by Gasteiger charge is 2.50. The number of nitrogens with zero attached hydrogens (tertiary/aromatic N) is 1. The Morgan fingerprint density at radius 1 is 1.23 bits per heavy atom. The normalized spacial score (nSPS) is 32.2. The van der Waals surface area contributed by atoms with Crippen LogP contribution in [0.1, 0.15) is 25.5 Å². The van der Waals surface area contributed by atoms with E-state index < -0.39 is 6.30 Å². The van der Waals surface area contributed by atoms with Gasteiger partial charge in [0.1, 0.15) is 0 Å². The van der Waals surface area contributed by atoms with Gasteiger partial charge in [-0.1, -0.05) is 30.3 Å². The van der Waals surface area contributed by atoms with Crippen LogP contribution >= 0.6 is 0 Å². The van der Waals surface area contributed by atoms with Gasteiger partial charge in [-0.05, 0) is 19.4 Å². The number of benzene rings is 1. The summed E-state index contributed by atoms with van der Waals surface area (Å²) in [6, 6.07) is 10.1. The lowest BCUT2D eigenvalue weighted by Crippen LogP contribution is -2.10. The van der Waals surface area contributed by atoms with Crippen molar-refractivity contribution in [2.24, 2.45) is 0 Å². The molecule has 0 amide bonds. The van der Waals surface area contributed by atoms with Gasteiger partial charge in [0.15, 0.2) is 6.30 Å². The molecule has 3 atom stereocenters. The largest absolute Gasteiger partial charge is 0.258 e. The maximum Gasteiger partial charge on any atom is 0.174 e. The molecule has 1 heterocycles. The summed E-state index contributed by atoms with van der Waals surface area (Å²) in [6.07, 6.45) is -0.776. The van der Waals surface area contributed by atoms with E-state index in [1.54, 1.807) is 0 Å². The first kappa shape index (κ1) is 8.70. The molecule has 1 aromatic carbocycles. The lowest BCUT2D eigenvalue weighted by molar-refractivity contribution is 0.308. The second-order valence-electron chi connectivity index (χ2n) is 3.77. The third kappa shape index (κ3) is 1.46. The summed E-state index contributed by atoms with van der Waals surface area (Å²) in [6.45, 7) is 4.05. The van der Waals surface area contributed by atoms with Crippen molar-refractivity contribution in [3.8, 4) is 0 Å². The van der Waals surface area contributed by atoms with Crippen LogP contribution in [0.5, 0.6) is 0 Å². The first-order valence-electron chi connectivity index (χ1n) is 4.68. The van der Waals surface area contributed by atoms with E-state index in [0.717, 1.165) is 5.56 Å². The van der Waals surface area contributed by atoms with Gasteiger partial charge in [-0.15, -0.1) is 0 Å². The molecule has 0 aromatic heterocycles. The van der Waals surface area contributed by atoms with Crippen LogP contribution in [0.15, 0.2) is 30.3 Å². The highest BCUT2D eigenvalue weighted by Crippen LogP contribution is 2.45. The molecule has 2 rings (SSSR count). The van der Waals surface area contributed by atoms with Crippen LogP contribution in [0.2, 0.25) is 0 Å². The summed E-state index contributed by atoms with van der Waals surface area (Å²) in [5, 5.41) is 0. The van der Waals surface area contributed by atoms with Crippen LogP contribution < -0.4 is 0 Å². The molecule has 0 N–H and O–H groups in total. The van der Waals surface area contributed by atoms with Gasteiger partial charge in [-0.3, -0.25) is 4.90 Å². The maximum atomic E-state index is 13.3. The van der Waals surface area contributed by atoms with Gasteiger partial charge in [0.25, 0.3) is 0 Å². The fraction of sp³-hybridized carbons (Fsp3) is 0.455. The van der Waals surface area contributed by atoms with Crippen molar-refractivity contribution in [2.75, 3.05) is 0 Å². The second kappa shape index (κ2) is 3.11. The van der Waals surface area contributed by atoms with Gasteiger partial charge >= 0.3 is 0 Å². The van der Waals surface area contributed by atoms with Crippen molar-refractivity contribution in [3.63, 3.8) is 0 Å². The summed E-state index contributed by atoms with van der Waals surface area (Å²) >= 11 is 0. The van der Waals surface area contributed by atoms with Gasteiger partial charge in [-0.25, -0.2) is 4.39 Å². The number of hydrogen-bond donors (Lipinski definition) is 0. The minimum atomic E-state index is -0.776. The molecular formula is C11H14FN. The topological polar surface area (TPSA) is 3.01 Å². The molecule has 1 nitrogen and oxygen atoms in total. The van der Waals surface area contributed by atoms with Crippen molar-refractivity contribution >= 4 is 0 Å². The molecular weight excluding hydrogens is 165 g/mol. The Kier molecular flexibility index (Phi) is 2.08. The van der Waals surface area contributed by atoms with E-state index in [0.29, 0.717) is 6.04 Å². The van der Waals surface area contributed by atoms with E-state index in [1.165, 1.54) is 0 Å². The minimum Gasteiger partial charge on any atom is -0.258 e. The molecule has 1 fully saturated rings. The Hall–Kier alpha value is -0.890. The smallest absolute Gasteiger partial charge is 0.174 e. The van der Waals surface area contributed by atoms with Gasteiger partial charge in [0.05, 0.1) is 6.04 Å². The summed E-state index contributed by atoms with van der Waals surface area (Å²) in [5.41, 5.74) is 1.09. The van der Waals surface area contributed by atoms with Crippen molar-refractivity contribution in [1.29, 1.82) is 0 Å². The fourth-order valence-electron chi connectivity index (χ4n) is 1.80. The Labute approximate surface area is 78.2 Å². The van der Waals surface area contributed by atoms with E-state index in [-0.39, 0.29) is 6.04 Å². The molecule has 1 saturated heterocycles. The van der Waals surface area contributed by atoms with E-state index in [1.807, 2.05) is 49.1 Å². The molecule has 1 aliphatic heterocycles. The molecule has 70 valence electrons. The number of halogens is 1. The maximum absolute atomic E-state index is 13.3. The van der Waals surface area contributed by atoms with Crippen molar-refractivity contribution in [3.05, 3.63) is 35.9 Å². The second-order valence-corrected chi connectivity index (χ2v) is 3.77. The highest BCUT2D eigenvalue weighted by molar-refractivity contribution is 5.25. The first-order valence-corrected chi connectivity index (χ1v) is 4.68. The molecule has 1 aromatic rings. The van der Waals surface area contributed by atoms with Crippen LogP contribution in [-0.2, 0) is 0 Å². The van der Waals surface area contributed by atoms with Crippen LogP contribution in [-0.4, -0.2) is 17.2 Å². The third-order valence-electron chi connectivity index (χ3n) is 2.51. The molecule has 0 spiro atoms. The predicted octanol–water partition coefficient (Wildman–Crippen LogP) is 2.75. The zero-order chi connectivity index (χ0) is 9.42.